The van der Waals surface area contributed by atoms with Gasteiger partial charge < -0.3 is 16.2 Å². The van der Waals surface area contributed by atoms with Crippen LogP contribution in [0.25, 0.3) is 0 Å². The number of rotatable bonds is 5. The molecule has 0 amide bonds. The van der Waals surface area contributed by atoms with Gasteiger partial charge in [-0.3, -0.25) is 4.79 Å². The summed E-state index contributed by atoms with van der Waals surface area (Å²) in [4.78, 5) is 11.4. The third-order valence-electron chi connectivity index (χ3n) is 3.58. The molecule has 1 atom stereocenters. The molecule has 2 aromatic carbocycles. The molecule has 2 aromatic rings. The maximum Gasteiger partial charge on any atom is 0.161 e. The average Bonchev–Trinajstić information content (AvgIpc) is 2.47. The fourth-order valence-electron chi connectivity index (χ4n) is 2.29. The number of hydrogen-bond donors (Lipinski definition) is 3. The number of carbonyl (C=O) groups excluding carboxylic acids is 1. The second kappa shape index (κ2) is 5.97. The molecule has 0 heterocycles. The van der Waals surface area contributed by atoms with Crippen LogP contribution in [0, 0.1) is 0 Å². The minimum atomic E-state index is -0.620. The van der Waals surface area contributed by atoms with Crippen molar-refractivity contribution < 1.29 is 9.90 Å². The molecule has 2 rings (SSSR count). The fourth-order valence-corrected chi connectivity index (χ4v) is 2.29. The highest BCUT2D eigenvalue weighted by Crippen LogP contribution is 2.27. The molecule has 4 N–H and O–H groups in total. The smallest absolute Gasteiger partial charge is 0.161 e. The predicted octanol–water partition coefficient (Wildman–Crippen LogP) is 2.79. The van der Waals surface area contributed by atoms with Gasteiger partial charge in [0.1, 0.15) is 0 Å². The number of aliphatic hydroxyl groups excluding tert-OH is 1. The van der Waals surface area contributed by atoms with Crippen molar-refractivity contribution in [1.82, 2.24) is 0 Å². The van der Waals surface area contributed by atoms with Crippen LogP contribution in [0.4, 0.5) is 11.4 Å². The van der Waals surface area contributed by atoms with Crippen LogP contribution in [-0.2, 0) is 5.54 Å². The van der Waals surface area contributed by atoms with E-state index in [2.05, 4.69) is 5.32 Å². The van der Waals surface area contributed by atoms with E-state index in [9.17, 15) is 9.90 Å². The van der Waals surface area contributed by atoms with Gasteiger partial charge in [0.15, 0.2) is 5.78 Å². The van der Waals surface area contributed by atoms with Crippen molar-refractivity contribution in [2.24, 2.45) is 0 Å². The van der Waals surface area contributed by atoms with E-state index in [1.807, 2.05) is 37.3 Å². The molecule has 0 aliphatic carbocycles. The van der Waals surface area contributed by atoms with E-state index < -0.39 is 5.54 Å². The molecule has 1 unspecified atom stereocenters. The van der Waals surface area contributed by atoms with Gasteiger partial charge in [-0.15, -0.1) is 0 Å². The molecule has 0 saturated carbocycles. The first-order valence-electron chi connectivity index (χ1n) is 6.81. The highest BCUT2D eigenvalue weighted by molar-refractivity contribution is 5.99. The van der Waals surface area contributed by atoms with Crippen molar-refractivity contribution in [2.45, 2.75) is 19.4 Å². The number of aliphatic hydroxyl groups is 1. The summed E-state index contributed by atoms with van der Waals surface area (Å²) in [7, 11) is 0. The van der Waals surface area contributed by atoms with Gasteiger partial charge in [-0.25, -0.2) is 0 Å². The Hall–Kier alpha value is -2.33. The molecule has 0 fully saturated rings. The number of anilines is 2. The lowest BCUT2D eigenvalue weighted by atomic mass is 9.92. The summed E-state index contributed by atoms with van der Waals surface area (Å²) < 4.78 is 0. The Bertz CT molecular complexity index is 640. The van der Waals surface area contributed by atoms with Gasteiger partial charge in [-0.05, 0) is 37.6 Å². The highest BCUT2D eigenvalue weighted by Gasteiger charge is 2.25. The summed E-state index contributed by atoms with van der Waals surface area (Å²) in [6.07, 6.45) is 0. The number of benzene rings is 2. The highest BCUT2D eigenvalue weighted by atomic mass is 16.3. The molecule has 0 aromatic heterocycles. The number of nitrogens with two attached hydrogens (primary N) is 1. The van der Waals surface area contributed by atoms with Crippen LogP contribution in [0.3, 0.4) is 0 Å². The molecule has 21 heavy (non-hydrogen) atoms. The summed E-state index contributed by atoms with van der Waals surface area (Å²) in [6, 6.07) is 14.9. The minimum Gasteiger partial charge on any atom is -0.398 e. The van der Waals surface area contributed by atoms with Crippen LogP contribution in [-0.4, -0.2) is 17.5 Å². The Kier molecular flexibility index (Phi) is 4.29. The van der Waals surface area contributed by atoms with E-state index in [0.29, 0.717) is 11.3 Å². The second-order valence-corrected chi connectivity index (χ2v) is 5.34. The fraction of sp³-hybridized carbons (Fsp3) is 0.235. The van der Waals surface area contributed by atoms with Crippen LogP contribution in [0.15, 0.2) is 48.5 Å². The zero-order chi connectivity index (χ0) is 15.5. The monoisotopic (exact) mass is 284 g/mol. The van der Waals surface area contributed by atoms with Crippen molar-refractivity contribution >= 4 is 17.2 Å². The van der Waals surface area contributed by atoms with Crippen LogP contribution >= 0.6 is 0 Å². The van der Waals surface area contributed by atoms with Gasteiger partial charge in [0.25, 0.3) is 0 Å². The summed E-state index contributed by atoms with van der Waals surface area (Å²) in [5.74, 6) is -0.0629. The number of nitrogen functional groups attached to an aromatic ring is 1. The van der Waals surface area contributed by atoms with Gasteiger partial charge in [-0.1, -0.05) is 30.3 Å². The first kappa shape index (κ1) is 15.1. The third-order valence-corrected chi connectivity index (χ3v) is 3.58. The van der Waals surface area contributed by atoms with E-state index in [1.54, 1.807) is 18.2 Å². The van der Waals surface area contributed by atoms with Gasteiger partial charge in [0.2, 0.25) is 0 Å². The van der Waals surface area contributed by atoms with Crippen molar-refractivity contribution in [3.05, 3.63) is 59.7 Å². The minimum absolute atomic E-state index is 0.0629. The predicted molar refractivity (Wildman–Crippen MR) is 85.4 cm³/mol. The Morgan fingerprint density at radius 1 is 1.24 bits per heavy atom. The Labute approximate surface area is 124 Å². The molecule has 0 radical (unpaired) electrons. The summed E-state index contributed by atoms with van der Waals surface area (Å²) in [5.41, 5.74) is 7.95. The molecule has 0 aliphatic rings. The lowest BCUT2D eigenvalue weighted by molar-refractivity contribution is 0.101. The molecule has 110 valence electrons. The summed E-state index contributed by atoms with van der Waals surface area (Å²) in [5, 5.41) is 13.1. The lowest BCUT2D eigenvalue weighted by Crippen LogP contribution is -2.35. The Balaban J connectivity index is 2.31. The standard InChI is InChI=1S/C17H20N2O2/c1-12(21)15-9-8-14(10-16(15)18)19-17(2,11-20)13-6-4-3-5-7-13/h3-10,19-20H,11,18H2,1-2H3. The number of ketones is 1. The topological polar surface area (TPSA) is 75.3 Å². The maximum atomic E-state index is 11.4. The zero-order valence-electron chi connectivity index (χ0n) is 12.3. The molecular formula is C17H20N2O2. The van der Waals surface area contributed by atoms with Crippen molar-refractivity contribution in [1.29, 1.82) is 0 Å². The average molecular weight is 284 g/mol. The first-order valence-corrected chi connectivity index (χ1v) is 6.81. The number of carbonyl (C=O) groups is 1. The Morgan fingerprint density at radius 3 is 2.43 bits per heavy atom. The number of nitrogens with one attached hydrogen (secondary N) is 1. The van der Waals surface area contributed by atoms with Gasteiger partial charge in [0.05, 0.1) is 12.1 Å². The number of Topliss-reactive ketones (excluding diaryl/α,β-unsaturated/α-hetero) is 1. The van der Waals surface area contributed by atoms with E-state index in [-0.39, 0.29) is 12.4 Å². The van der Waals surface area contributed by atoms with E-state index >= 15 is 0 Å². The summed E-state index contributed by atoms with van der Waals surface area (Å²) in [6.45, 7) is 3.34. The first-order chi connectivity index (χ1) is 9.96. The second-order valence-electron chi connectivity index (χ2n) is 5.34. The summed E-state index contributed by atoms with van der Waals surface area (Å²) >= 11 is 0. The molecule has 0 saturated heterocycles. The van der Waals surface area contributed by atoms with Crippen molar-refractivity contribution in [3.63, 3.8) is 0 Å². The van der Waals surface area contributed by atoms with Crippen molar-refractivity contribution in [3.8, 4) is 0 Å². The Morgan fingerprint density at radius 2 is 1.90 bits per heavy atom. The van der Waals surface area contributed by atoms with Crippen molar-refractivity contribution in [2.75, 3.05) is 17.7 Å². The number of hydrogen-bond acceptors (Lipinski definition) is 4. The maximum absolute atomic E-state index is 11.4. The quantitative estimate of drug-likeness (QED) is 0.583. The van der Waals surface area contributed by atoms with Crippen LogP contribution < -0.4 is 11.1 Å². The molecule has 0 bridgehead atoms. The van der Waals surface area contributed by atoms with Crippen LogP contribution in [0.2, 0.25) is 0 Å². The van der Waals surface area contributed by atoms with E-state index in [4.69, 9.17) is 5.73 Å². The van der Waals surface area contributed by atoms with Crippen LogP contribution in [0.1, 0.15) is 29.8 Å². The van der Waals surface area contributed by atoms with E-state index in [1.165, 1.54) is 6.92 Å². The largest absolute Gasteiger partial charge is 0.398 e. The molecular weight excluding hydrogens is 264 g/mol. The SMILES string of the molecule is CC(=O)c1ccc(NC(C)(CO)c2ccccc2)cc1N. The van der Waals surface area contributed by atoms with Gasteiger partial charge in [-0.2, -0.15) is 0 Å². The van der Waals surface area contributed by atoms with E-state index in [0.717, 1.165) is 11.3 Å². The normalized spacial score (nSPS) is 13.5. The molecule has 0 aliphatic heterocycles. The molecule has 0 spiro atoms. The van der Waals surface area contributed by atoms with Crippen LogP contribution in [0.5, 0.6) is 0 Å². The third kappa shape index (κ3) is 3.23. The molecule has 4 heteroatoms. The lowest BCUT2D eigenvalue weighted by Gasteiger charge is -2.30. The van der Waals surface area contributed by atoms with Gasteiger partial charge in [0, 0.05) is 16.9 Å². The molecule has 4 nitrogen and oxygen atoms in total. The zero-order valence-corrected chi connectivity index (χ0v) is 12.3. The van der Waals surface area contributed by atoms with Gasteiger partial charge >= 0.3 is 0 Å².